The van der Waals surface area contributed by atoms with Crippen LogP contribution >= 0.6 is 0 Å². The molecule has 0 saturated heterocycles. The average molecular weight is 241 g/mol. The van der Waals surface area contributed by atoms with E-state index in [1.54, 1.807) is 19.2 Å². The van der Waals surface area contributed by atoms with Gasteiger partial charge in [0.1, 0.15) is 11.4 Å². The number of fused-ring (bicyclic) bond motifs is 1. The summed E-state index contributed by atoms with van der Waals surface area (Å²) in [6.07, 6.45) is 0. The molecule has 5 nitrogen and oxygen atoms in total. The Bertz CT molecular complexity index is 758. The smallest absolute Gasteiger partial charge is 0.257 e. The zero-order valence-corrected chi connectivity index (χ0v) is 9.75. The Labute approximate surface area is 103 Å². The standard InChI is InChI=1S/C13H11N3O2/c1-18-10-6-3-2-5-9(10)13-15-14-11-7-4-8-12(17)16(11)13/h2-8,14H,1H3. The number of methoxy groups -OCH3 is 1. The Morgan fingerprint density at radius 2 is 2.00 bits per heavy atom. The van der Waals surface area contributed by atoms with Crippen molar-refractivity contribution in [3.05, 3.63) is 52.8 Å². The maximum atomic E-state index is 11.9. The molecular formula is C13H11N3O2. The van der Waals surface area contributed by atoms with Crippen molar-refractivity contribution < 1.29 is 4.74 Å². The number of nitrogens with zero attached hydrogens (tertiary/aromatic N) is 2. The van der Waals surface area contributed by atoms with Gasteiger partial charge in [0.15, 0.2) is 5.82 Å². The van der Waals surface area contributed by atoms with E-state index >= 15 is 0 Å². The number of nitrogens with one attached hydrogen (secondary N) is 1. The summed E-state index contributed by atoms with van der Waals surface area (Å²) in [5, 5.41) is 7.03. The first-order valence-corrected chi connectivity index (χ1v) is 5.51. The van der Waals surface area contributed by atoms with Crippen LogP contribution in [0.2, 0.25) is 0 Å². The average Bonchev–Trinajstić information content (AvgIpc) is 2.84. The number of aromatic amines is 1. The summed E-state index contributed by atoms with van der Waals surface area (Å²) in [5.41, 5.74) is 1.31. The van der Waals surface area contributed by atoms with Gasteiger partial charge in [-0.2, -0.15) is 5.10 Å². The molecule has 0 bridgehead atoms. The fourth-order valence-corrected chi connectivity index (χ4v) is 1.97. The molecule has 0 unspecified atom stereocenters. The minimum atomic E-state index is -0.123. The third-order valence-electron chi connectivity index (χ3n) is 2.79. The Hall–Kier alpha value is -2.56. The van der Waals surface area contributed by atoms with Crippen molar-refractivity contribution in [2.75, 3.05) is 7.11 Å². The van der Waals surface area contributed by atoms with Gasteiger partial charge in [-0.1, -0.05) is 18.2 Å². The fraction of sp³-hybridized carbons (Fsp3) is 0.0769. The Balaban J connectivity index is 2.36. The molecular weight excluding hydrogens is 230 g/mol. The summed E-state index contributed by atoms with van der Waals surface area (Å²) in [6.45, 7) is 0. The summed E-state index contributed by atoms with van der Waals surface area (Å²) in [6, 6.07) is 12.5. The second kappa shape index (κ2) is 4.03. The lowest BCUT2D eigenvalue weighted by atomic mass is 10.2. The number of H-pyrrole nitrogens is 1. The van der Waals surface area contributed by atoms with Crippen LogP contribution in [-0.2, 0) is 0 Å². The summed E-state index contributed by atoms with van der Waals surface area (Å²) in [7, 11) is 1.59. The molecule has 5 heteroatoms. The number of para-hydroxylation sites is 1. The highest BCUT2D eigenvalue weighted by atomic mass is 16.5. The highest BCUT2D eigenvalue weighted by molar-refractivity contribution is 5.66. The molecule has 18 heavy (non-hydrogen) atoms. The van der Waals surface area contributed by atoms with Crippen LogP contribution < -0.4 is 10.3 Å². The molecule has 0 amide bonds. The van der Waals surface area contributed by atoms with E-state index in [0.29, 0.717) is 17.2 Å². The van der Waals surface area contributed by atoms with Gasteiger partial charge >= 0.3 is 0 Å². The van der Waals surface area contributed by atoms with Crippen LogP contribution in [0.4, 0.5) is 0 Å². The van der Waals surface area contributed by atoms with Gasteiger partial charge in [0.05, 0.1) is 12.7 Å². The Kier molecular flexibility index (Phi) is 2.37. The van der Waals surface area contributed by atoms with Crippen LogP contribution in [-0.4, -0.2) is 21.7 Å². The lowest BCUT2D eigenvalue weighted by Crippen LogP contribution is -2.11. The molecule has 2 aromatic heterocycles. The quantitative estimate of drug-likeness (QED) is 0.742. The van der Waals surface area contributed by atoms with E-state index in [4.69, 9.17) is 4.74 Å². The highest BCUT2D eigenvalue weighted by Crippen LogP contribution is 2.27. The molecule has 1 aromatic carbocycles. The first-order valence-electron chi connectivity index (χ1n) is 5.51. The van der Waals surface area contributed by atoms with Crippen LogP contribution in [0.5, 0.6) is 5.75 Å². The summed E-state index contributed by atoms with van der Waals surface area (Å²) in [5.74, 6) is 1.23. The topological polar surface area (TPSA) is 59.4 Å². The molecule has 3 aromatic rings. The van der Waals surface area contributed by atoms with Crippen molar-refractivity contribution >= 4 is 5.65 Å². The van der Waals surface area contributed by atoms with Crippen LogP contribution in [0.15, 0.2) is 47.3 Å². The Morgan fingerprint density at radius 1 is 1.17 bits per heavy atom. The molecule has 0 aliphatic carbocycles. The van der Waals surface area contributed by atoms with Gasteiger partial charge in [-0.15, -0.1) is 0 Å². The lowest BCUT2D eigenvalue weighted by molar-refractivity contribution is 0.416. The monoisotopic (exact) mass is 241 g/mol. The van der Waals surface area contributed by atoms with E-state index < -0.39 is 0 Å². The van der Waals surface area contributed by atoms with Crippen LogP contribution in [0.1, 0.15) is 0 Å². The summed E-state index contributed by atoms with van der Waals surface area (Å²) >= 11 is 0. The van der Waals surface area contributed by atoms with E-state index in [0.717, 1.165) is 5.56 Å². The number of aromatic nitrogens is 3. The van der Waals surface area contributed by atoms with Gasteiger partial charge in [-0.3, -0.25) is 9.89 Å². The largest absolute Gasteiger partial charge is 0.496 e. The predicted octanol–water partition coefficient (Wildman–Crippen LogP) is 1.70. The first kappa shape index (κ1) is 10.6. The molecule has 0 aliphatic heterocycles. The normalized spacial score (nSPS) is 10.7. The van der Waals surface area contributed by atoms with Crippen molar-refractivity contribution in [3.8, 4) is 17.1 Å². The minimum absolute atomic E-state index is 0.123. The van der Waals surface area contributed by atoms with E-state index in [9.17, 15) is 4.79 Å². The summed E-state index contributed by atoms with van der Waals surface area (Å²) in [4.78, 5) is 11.9. The molecule has 0 aliphatic rings. The zero-order chi connectivity index (χ0) is 12.5. The molecule has 3 rings (SSSR count). The molecule has 0 fully saturated rings. The second-order valence-corrected chi connectivity index (χ2v) is 3.83. The Morgan fingerprint density at radius 3 is 2.83 bits per heavy atom. The predicted molar refractivity (Wildman–Crippen MR) is 67.8 cm³/mol. The number of hydrogen-bond donors (Lipinski definition) is 1. The van der Waals surface area contributed by atoms with Gasteiger partial charge < -0.3 is 4.74 Å². The fourth-order valence-electron chi connectivity index (χ4n) is 1.97. The molecule has 0 saturated carbocycles. The third-order valence-corrected chi connectivity index (χ3v) is 2.79. The van der Waals surface area contributed by atoms with Gasteiger partial charge in [-0.25, -0.2) is 4.40 Å². The summed E-state index contributed by atoms with van der Waals surface area (Å²) < 4.78 is 6.81. The molecule has 0 radical (unpaired) electrons. The number of rotatable bonds is 2. The first-order chi connectivity index (χ1) is 8.81. The van der Waals surface area contributed by atoms with E-state index in [2.05, 4.69) is 10.2 Å². The molecule has 90 valence electrons. The highest BCUT2D eigenvalue weighted by Gasteiger charge is 2.12. The minimum Gasteiger partial charge on any atom is -0.496 e. The molecule has 0 atom stereocenters. The lowest BCUT2D eigenvalue weighted by Gasteiger charge is -2.05. The number of hydrogen-bond acceptors (Lipinski definition) is 3. The SMILES string of the molecule is COc1ccccc1-c1n[nH]c2cccc(=O)n12. The third kappa shape index (κ3) is 1.48. The van der Waals surface area contributed by atoms with Gasteiger partial charge in [0, 0.05) is 6.07 Å². The molecule has 2 heterocycles. The second-order valence-electron chi connectivity index (χ2n) is 3.83. The maximum absolute atomic E-state index is 11.9. The number of pyridine rings is 1. The van der Waals surface area contributed by atoms with E-state index in [-0.39, 0.29) is 5.56 Å². The van der Waals surface area contributed by atoms with Crippen molar-refractivity contribution in [3.63, 3.8) is 0 Å². The van der Waals surface area contributed by atoms with Crippen molar-refractivity contribution in [2.45, 2.75) is 0 Å². The zero-order valence-electron chi connectivity index (χ0n) is 9.75. The van der Waals surface area contributed by atoms with Crippen molar-refractivity contribution in [2.24, 2.45) is 0 Å². The van der Waals surface area contributed by atoms with Gasteiger partial charge in [0.2, 0.25) is 0 Å². The van der Waals surface area contributed by atoms with E-state index in [1.165, 1.54) is 10.5 Å². The van der Waals surface area contributed by atoms with Gasteiger partial charge in [-0.05, 0) is 18.2 Å². The van der Waals surface area contributed by atoms with Crippen LogP contribution in [0, 0.1) is 0 Å². The van der Waals surface area contributed by atoms with Crippen molar-refractivity contribution in [1.82, 2.24) is 14.6 Å². The number of ether oxygens (including phenoxy) is 1. The van der Waals surface area contributed by atoms with Crippen molar-refractivity contribution in [1.29, 1.82) is 0 Å². The molecule has 1 N–H and O–H groups in total. The van der Waals surface area contributed by atoms with Gasteiger partial charge in [0.25, 0.3) is 5.56 Å². The van der Waals surface area contributed by atoms with Crippen LogP contribution in [0.3, 0.4) is 0 Å². The van der Waals surface area contributed by atoms with E-state index in [1.807, 2.05) is 24.3 Å². The molecule has 0 spiro atoms. The maximum Gasteiger partial charge on any atom is 0.257 e. The van der Waals surface area contributed by atoms with Crippen LogP contribution in [0.25, 0.3) is 17.0 Å². The number of benzene rings is 1.